The van der Waals surface area contributed by atoms with Crippen molar-refractivity contribution in [2.45, 2.75) is 45.4 Å². The normalized spacial score (nSPS) is 13.3. The first-order chi connectivity index (χ1) is 16.2. The van der Waals surface area contributed by atoms with Gasteiger partial charge in [-0.1, -0.05) is 44.4 Å². The van der Waals surface area contributed by atoms with Crippen molar-refractivity contribution in [3.05, 3.63) is 59.4 Å². The molecule has 7 nitrogen and oxygen atoms in total. The second-order valence-electron chi connectivity index (χ2n) is 8.13. The lowest BCUT2D eigenvalue weighted by atomic mass is 10.0. The van der Waals surface area contributed by atoms with Gasteiger partial charge < -0.3 is 14.8 Å². The third-order valence-corrected chi connectivity index (χ3v) is 6.42. The highest BCUT2D eigenvalue weighted by Gasteiger charge is 2.12. The second kappa shape index (κ2) is 13.9. The van der Waals surface area contributed by atoms with Gasteiger partial charge in [0.25, 0.3) is 0 Å². The maximum atomic E-state index is 13.1. The summed E-state index contributed by atoms with van der Waals surface area (Å²) in [6.07, 6.45) is 5.05. The van der Waals surface area contributed by atoms with Crippen LogP contribution in [0.1, 0.15) is 50.2 Å². The first kappa shape index (κ1) is 27.6. The maximum absolute atomic E-state index is 13.1. The van der Waals surface area contributed by atoms with Gasteiger partial charge in [-0.05, 0) is 48.7 Å². The highest BCUT2D eigenvalue weighted by atomic mass is 32.2. The largest absolute Gasteiger partial charge is 0.493 e. The molecule has 0 radical (unpaired) electrons. The first-order valence-electron chi connectivity index (χ1n) is 11.5. The lowest BCUT2D eigenvalue weighted by molar-refractivity contribution is -0.119. The van der Waals surface area contributed by atoms with Crippen LogP contribution in [-0.2, 0) is 21.2 Å². The van der Waals surface area contributed by atoms with Crippen LogP contribution in [0.4, 0.5) is 4.39 Å². The molecule has 188 valence electrons. The topological polar surface area (TPSA) is 93.7 Å². The van der Waals surface area contributed by atoms with Crippen LogP contribution in [0.25, 0.3) is 0 Å². The Morgan fingerprint density at radius 3 is 2.35 bits per heavy atom. The highest BCUT2D eigenvalue weighted by molar-refractivity contribution is 7.89. The van der Waals surface area contributed by atoms with Crippen molar-refractivity contribution in [3.63, 3.8) is 0 Å². The standard InChI is InChI=1S/C22H29FN2O5S.C3H6/c1-4-31(27,28)25-14-22(26)24-12-11-17-5-10-20(21(13-17)29-3)30-15-16(2)18-6-8-19(23)9-7-18;1-2-3-1/h5-10,13,16,25H,4,11-12,14-15H2,1-3H3,(H,24,26);1-3H2. The van der Waals surface area contributed by atoms with Gasteiger partial charge in [-0.2, -0.15) is 0 Å². The number of rotatable bonds is 12. The zero-order chi connectivity index (χ0) is 25.0. The Labute approximate surface area is 202 Å². The van der Waals surface area contributed by atoms with Gasteiger partial charge in [0, 0.05) is 12.5 Å². The number of nitrogens with one attached hydrogen (secondary N) is 2. The van der Waals surface area contributed by atoms with E-state index in [0.29, 0.717) is 31.1 Å². The molecular formula is C25H35FN2O5S. The summed E-state index contributed by atoms with van der Waals surface area (Å²) in [5, 5.41) is 2.68. The summed E-state index contributed by atoms with van der Waals surface area (Å²) in [5.74, 6) is 0.512. The van der Waals surface area contributed by atoms with E-state index in [9.17, 15) is 17.6 Å². The van der Waals surface area contributed by atoms with Crippen LogP contribution >= 0.6 is 0 Å². The van der Waals surface area contributed by atoms with Crippen molar-refractivity contribution < 1.29 is 27.1 Å². The third-order valence-electron chi connectivity index (χ3n) is 5.08. The van der Waals surface area contributed by atoms with E-state index in [1.165, 1.54) is 38.3 Å². The maximum Gasteiger partial charge on any atom is 0.235 e. The van der Waals surface area contributed by atoms with Crippen LogP contribution in [0.2, 0.25) is 0 Å². The molecule has 9 heteroatoms. The minimum Gasteiger partial charge on any atom is -0.493 e. The molecule has 1 aliphatic carbocycles. The predicted molar refractivity (Wildman–Crippen MR) is 131 cm³/mol. The van der Waals surface area contributed by atoms with E-state index in [-0.39, 0.29) is 24.0 Å². The second-order valence-corrected chi connectivity index (χ2v) is 10.2. The average Bonchev–Trinajstić information content (AvgIpc) is 3.72. The van der Waals surface area contributed by atoms with Gasteiger partial charge in [-0.3, -0.25) is 4.79 Å². The van der Waals surface area contributed by atoms with Crippen LogP contribution in [0, 0.1) is 5.82 Å². The minimum atomic E-state index is -3.39. The zero-order valence-corrected chi connectivity index (χ0v) is 20.9. The van der Waals surface area contributed by atoms with E-state index < -0.39 is 15.9 Å². The van der Waals surface area contributed by atoms with E-state index in [1.54, 1.807) is 19.2 Å². The predicted octanol–water partition coefficient (Wildman–Crippen LogP) is 3.79. The Balaban J connectivity index is 0.00000126. The number of methoxy groups -OCH3 is 1. The number of sulfonamides is 1. The molecule has 2 N–H and O–H groups in total. The summed E-state index contributed by atoms with van der Waals surface area (Å²) >= 11 is 0. The van der Waals surface area contributed by atoms with Crippen molar-refractivity contribution in [3.8, 4) is 11.5 Å². The number of carbonyl (C=O) groups is 1. The fraction of sp³-hybridized carbons (Fsp3) is 0.480. The molecule has 0 saturated heterocycles. The minimum absolute atomic E-state index is 0.0723. The van der Waals surface area contributed by atoms with Crippen molar-refractivity contribution in [2.75, 3.05) is 32.6 Å². The Bertz CT molecular complexity index is 1010. The molecule has 1 aliphatic rings. The Morgan fingerprint density at radius 2 is 1.76 bits per heavy atom. The molecule has 1 saturated carbocycles. The van der Waals surface area contributed by atoms with Crippen LogP contribution in [0.5, 0.6) is 11.5 Å². The molecule has 1 atom stereocenters. The van der Waals surface area contributed by atoms with Gasteiger partial charge in [0.2, 0.25) is 15.9 Å². The molecule has 0 aromatic heterocycles. The summed E-state index contributed by atoms with van der Waals surface area (Å²) in [5.41, 5.74) is 1.92. The molecule has 1 fully saturated rings. The summed E-state index contributed by atoms with van der Waals surface area (Å²) in [7, 11) is -1.84. The number of ether oxygens (including phenoxy) is 2. The number of hydrogen-bond donors (Lipinski definition) is 2. The number of carbonyl (C=O) groups excluding carboxylic acids is 1. The van der Waals surface area contributed by atoms with E-state index >= 15 is 0 Å². The quantitative estimate of drug-likeness (QED) is 0.468. The average molecular weight is 495 g/mol. The smallest absolute Gasteiger partial charge is 0.235 e. The van der Waals surface area contributed by atoms with E-state index in [2.05, 4.69) is 10.0 Å². The van der Waals surface area contributed by atoms with Crippen molar-refractivity contribution in [1.82, 2.24) is 10.0 Å². The molecule has 34 heavy (non-hydrogen) atoms. The number of hydrogen-bond acceptors (Lipinski definition) is 5. The lowest BCUT2D eigenvalue weighted by Gasteiger charge is -2.16. The Hall–Kier alpha value is -2.65. The molecule has 0 spiro atoms. The number of benzene rings is 2. The summed E-state index contributed by atoms with van der Waals surface area (Å²) in [6.45, 7) is 3.99. The molecule has 0 aliphatic heterocycles. The van der Waals surface area contributed by atoms with Gasteiger partial charge >= 0.3 is 0 Å². The summed E-state index contributed by atoms with van der Waals surface area (Å²) in [4.78, 5) is 11.8. The van der Waals surface area contributed by atoms with Gasteiger partial charge in [-0.25, -0.2) is 17.5 Å². The Morgan fingerprint density at radius 1 is 1.09 bits per heavy atom. The monoisotopic (exact) mass is 494 g/mol. The number of amides is 1. The SMILES string of the molecule is C1CC1.CCS(=O)(=O)NCC(=O)NCCc1ccc(OCC(C)c2ccc(F)cc2)c(OC)c1. The van der Waals surface area contributed by atoms with E-state index in [0.717, 1.165) is 11.1 Å². The van der Waals surface area contributed by atoms with Crippen molar-refractivity contribution >= 4 is 15.9 Å². The number of halogens is 1. The fourth-order valence-corrected chi connectivity index (χ4v) is 3.33. The molecule has 1 unspecified atom stereocenters. The fourth-order valence-electron chi connectivity index (χ4n) is 2.78. The van der Waals surface area contributed by atoms with Gasteiger partial charge in [0.15, 0.2) is 11.5 Å². The van der Waals surface area contributed by atoms with Gasteiger partial charge in [-0.15, -0.1) is 0 Å². The molecule has 0 bridgehead atoms. The zero-order valence-electron chi connectivity index (χ0n) is 20.1. The Kier molecular flexibility index (Phi) is 11.3. The van der Waals surface area contributed by atoms with Gasteiger partial charge in [0.1, 0.15) is 5.82 Å². The molecule has 1 amide bonds. The van der Waals surface area contributed by atoms with Crippen LogP contribution in [0.3, 0.4) is 0 Å². The summed E-state index contributed by atoms with van der Waals surface area (Å²) < 4.78 is 49.3. The third kappa shape index (κ3) is 10.5. The first-order valence-corrected chi connectivity index (χ1v) is 13.2. The lowest BCUT2D eigenvalue weighted by Crippen LogP contribution is -2.38. The van der Waals surface area contributed by atoms with E-state index in [4.69, 9.17) is 9.47 Å². The molecule has 3 rings (SSSR count). The van der Waals surface area contributed by atoms with Crippen LogP contribution in [-0.4, -0.2) is 46.9 Å². The van der Waals surface area contributed by atoms with Crippen LogP contribution in [0.15, 0.2) is 42.5 Å². The molecular weight excluding hydrogens is 459 g/mol. The highest BCUT2D eigenvalue weighted by Crippen LogP contribution is 2.29. The van der Waals surface area contributed by atoms with Crippen LogP contribution < -0.4 is 19.5 Å². The molecule has 2 aromatic carbocycles. The van der Waals surface area contributed by atoms with E-state index in [1.807, 2.05) is 25.1 Å². The van der Waals surface area contributed by atoms with Crippen molar-refractivity contribution in [1.29, 1.82) is 0 Å². The van der Waals surface area contributed by atoms with Gasteiger partial charge in [0.05, 0.1) is 26.0 Å². The van der Waals surface area contributed by atoms with Crippen molar-refractivity contribution in [2.24, 2.45) is 0 Å². The molecule has 2 aromatic rings. The summed E-state index contributed by atoms with van der Waals surface area (Å²) in [6, 6.07) is 11.9. The molecule has 0 heterocycles.